The Kier molecular flexibility index (Phi) is 9.59. The second-order valence-electron chi connectivity index (χ2n) is 11.4. The molecule has 41 heavy (non-hydrogen) atoms. The predicted octanol–water partition coefficient (Wildman–Crippen LogP) is 3.42. The summed E-state index contributed by atoms with van der Waals surface area (Å²) in [5, 5.41) is 10.6. The van der Waals surface area contributed by atoms with Gasteiger partial charge in [-0.2, -0.15) is 0 Å². The number of amides is 3. The van der Waals surface area contributed by atoms with Gasteiger partial charge in [-0.05, 0) is 49.4 Å². The summed E-state index contributed by atoms with van der Waals surface area (Å²) in [5.74, 6) is -1.63. The van der Waals surface area contributed by atoms with Crippen molar-refractivity contribution >= 4 is 23.4 Å². The summed E-state index contributed by atoms with van der Waals surface area (Å²) in [6, 6.07) is 5.57. The van der Waals surface area contributed by atoms with Crippen LogP contribution in [0.5, 0.6) is 5.75 Å². The third-order valence-corrected chi connectivity index (χ3v) is 9.22. The van der Waals surface area contributed by atoms with Crippen molar-refractivity contribution in [3.8, 4) is 5.75 Å². The minimum Gasteiger partial charge on any atom is -0.497 e. The number of anilines is 1. The second-order valence-corrected chi connectivity index (χ2v) is 11.4. The molecule has 0 saturated carbocycles. The monoisotopic (exact) mass is 567 g/mol. The number of carbonyl (C=O) groups excluding carboxylic acids is 3. The van der Waals surface area contributed by atoms with Crippen molar-refractivity contribution in [3.63, 3.8) is 0 Å². The van der Waals surface area contributed by atoms with E-state index in [0.717, 1.165) is 6.42 Å². The fourth-order valence-corrected chi connectivity index (χ4v) is 7.11. The van der Waals surface area contributed by atoms with Gasteiger partial charge in [-0.3, -0.25) is 14.4 Å². The lowest BCUT2D eigenvalue weighted by Gasteiger charge is -2.40. The van der Waals surface area contributed by atoms with Crippen molar-refractivity contribution in [1.82, 2.24) is 9.80 Å². The molecule has 3 aliphatic heterocycles. The molecular weight excluding hydrogens is 522 g/mol. The third-order valence-electron chi connectivity index (χ3n) is 9.22. The van der Waals surface area contributed by atoms with Crippen LogP contribution in [0.15, 0.2) is 49.6 Å². The normalized spacial score (nSPS) is 27.7. The average molecular weight is 568 g/mol. The fraction of sp³-hybridized carbons (Fsp3) is 0.594. The molecule has 9 nitrogen and oxygen atoms in total. The number of methoxy groups -OCH3 is 1. The minimum atomic E-state index is -1.15. The Labute approximate surface area is 243 Å². The van der Waals surface area contributed by atoms with Gasteiger partial charge in [-0.25, -0.2) is 0 Å². The highest BCUT2D eigenvalue weighted by atomic mass is 16.5. The lowest BCUT2D eigenvalue weighted by Crippen LogP contribution is -2.60. The van der Waals surface area contributed by atoms with Gasteiger partial charge in [0, 0.05) is 25.3 Å². The highest BCUT2D eigenvalue weighted by molar-refractivity contribution is 6.05. The summed E-state index contributed by atoms with van der Waals surface area (Å²) in [6.07, 6.45) is 5.45. The molecule has 3 amide bonds. The predicted molar refractivity (Wildman–Crippen MR) is 157 cm³/mol. The molecular formula is C32H45N3O6. The first-order chi connectivity index (χ1) is 19.7. The van der Waals surface area contributed by atoms with Crippen LogP contribution in [0.4, 0.5) is 5.69 Å². The van der Waals surface area contributed by atoms with Crippen LogP contribution < -0.4 is 9.64 Å². The van der Waals surface area contributed by atoms with Crippen LogP contribution in [0.2, 0.25) is 0 Å². The van der Waals surface area contributed by atoms with Crippen molar-refractivity contribution in [3.05, 3.63) is 49.6 Å². The standard InChI is InChI=1S/C32H45N3O6/c1-7-17-33(18-8-2)29(37)26-25-15-16-32(41-25)27(26)30(38)35(24(20-36)21(5)10-4)28(32)31(39)34(19-9-3)22-11-13-23(40-6)14-12-22/h7,9,11-14,21,24-28,36H,1,3,8,10,15-20H2,2,4-6H3/t21-,24-,25-,26+,27-,28?,32?/m0/s1. The van der Waals surface area contributed by atoms with Crippen LogP contribution >= 0.6 is 0 Å². The Morgan fingerprint density at radius 3 is 2.44 bits per heavy atom. The Morgan fingerprint density at radius 2 is 1.88 bits per heavy atom. The van der Waals surface area contributed by atoms with E-state index >= 15 is 0 Å². The summed E-state index contributed by atoms with van der Waals surface area (Å²) in [5.41, 5.74) is -0.523. The molecule has 3 fully saturated rings. The van der Waals surface area contributed by atoms with Crippen LogP contribution in [0, 0.1) is 17.8 Å². The largest absolute Gasteiger partial charge is 0.497 e. The van der Waals surface area contributed by atoms with Crippen LogP contribution in [-0.4, -0.2) is 89.8 Å². The smallest absolute Gasteiger partial charge is 0.253 e. The van der Waals surface area contributed by atoms with E-state index < -0.39 is 35.6 Å². The molecule has 4 rings (SSSR count). The van der Waals surface area contributed by atoms with Gasteiger partial charge in [0.25, 0.3) is 5.91 Å². The molecule has 0 aliphatic carbocycles. The average Bonchev–Trinajstić information content (AvgIpc) is 3.63. The number of ether oxygens (including phenoxy) is 2. The molecule has 1 N–H and O–H groups in total. The summed E-state index contributed by atoms with van der Waals surface area (Å²) < 4.78 is 12.0. The lowest BCUT2D eigenvalue weighted by molar-refractivity contribution is -0.148. The number of fused-ring (bicyclic) bond motifs is 1. The number of nitrogens with zero attached hydrogens (tertiary/aromatic N) is 3. The number of benzene rings is 1. The van der Waals surface area contributed by atoms with Crippen LogP contribution in [0.3, 0.4) is 0 Å². The van der Waals surface area contributed by atoms with Crippen LogP contribution in [0.25, 0.3) is 0 Å². The van der Waals surface area contributed by atoms with Crippen molar-refractivity contribution in [2.45, 2.75) is 70.2 Å². The third kappa shape index (κ3) is 5.18. The van der Waals surface area contributed by atoms with Gasteiger partial charge in [0.15, 0.2) is 0 Å². The summed E-state index contributed by atoms with van der Waals surface area (Å²) in [6.45, 7) is 14.5. The molecule has 1 aromatic rings. The zero-order valence-corrected chi connectivity index (χ0v) is 24.8. The van der Waals surface area contributed by atoms with Crippen molar-refractivity contribution < 1.29 is 29.0 Å². The second kappa shape index (κ2) is 12.8. The van der Waals surface area contributed by atoms with E-state index in [1.54, 1.807) is 58.2 Å². The zero-order valence-electron chi connectivity index (χ0n) is 24.8. The Bertz CT molecular complexity index is 1140. The van der Waals surface area contributed by atoms with Crippen molar-refractivity contribution in [2.75, 3.05) is 38.3 Å². The first-order valence-electron chi connectivity index (χ1n) is 14.8. The molecule has 2 bridgehead atoms. The number of aliphatic hydroxyl groups excluding tert-OH is 1. The maximum atomic E-state index is 14.7. The van der Waals surface area contributed by atoms with E-state index in [1.165, 1.54) is 0 Å². The van der Waals surface area contributed by atoms with Gasteiger partial charge in [0.1, 0.15) is 17.4 Å². The zero-order chi connectivity index (χ0) is 29.9. The minimum absolute atomic E-state index is 0.0768. The topological polar surface area (TPSA) is 99.6 Å². The van der Waals surface area contributed by atoms with Crippen LogP contribution in [0.1, 0.15) is 46.5 Å². The van der Waals surface area contributed by atoms with E-state index in [9.17, 15) is 19.5 Å². The first kappa shape index (κ1) is 30.8. The molecule has 3 aliphatic rings. The number of likely N-dealkylation sites (tertiary alicyclic amines) is 1. The molecule has 3 heterocycles. The Hall–Kier alpha value is -3.17. The molecule has 0 radical (unpaired) electrons. The number of aliphatic hydroxyl groups is 1. The maximum absolute atomic E-state index is 14.7. The van der Waals surface area contributed by atoms with E-state index in [4.69, 9.17) is 9.47 Å². The molecule has 0 aromatic heterocycles. The fourth-order valence-electron chi connectivity index (χ4n) is 7.11. The van der Waals surface area contributed by atoms with Gasteiger partial charge in [0.05, 0.1) is 37.7 Å². The van der Waals surface area contributed by atoms with Crippen molar-refractivity contribution in [1.29, 1.82) is 0 Å². The van der Waals surface area contributed by atoms with Gasteiger partial charge in [0.2, 0.25) is 11.8 Å². The summed E-state index contributed by atoms with van der Waals surface area (Å²) in [4.78, 5) is 48.1. The number of hydrogen-bond acceptors (Lipinski definition) is 6. The van der Waals surface area contributed by atoms with Gasteiger partial charge < -0.3 is 29.3 Å². The van der Waals surface area contributed by atoms with Crippen LogP contribution in [-0.2, 0) is 19.1 Å². The molecule has 1 aromatic carbocycles. The van der Waals surface area contributed by atoms with Gasteiger partial charge >= 0.3 is 0 Å². The summed E-state index contributed by atoms with van der Waals surface area (Å²) in [7, 11) is 1.58. The van der Waals surface area contributed by atoms with E-state index in [1.807, 2.05) is 20.8 Å². The number of rotatable bonds is 14. The molecule has 1 spiro atoms. The molecule has 3 saturated heterocycles. The number of hydrogen-bond donors (Lipinski definition) is 1. The Balaban J connectivity index is 1.82. The maximum Gasteiger partial charge on any atom is 0.253 e. The molecule has 2 unspecified atom stereocenters. The van der Waals surface area contributed by atoms with Gasteiger partial charge in [-0.1, -0.05) is 39.3 Å². The molecule has 224 valence electrons. The SMILES string of the molecule is C=CCN(CCC)C(=O)[C@@H]1[C@@H]2CCC3(O2)C(C(=O)N(CC=C)c2ccc(OC)cc2)N([C@@H](CO)[C@@H](C)CC)C(=O)[C@H]13. The Morgan fingerprint density at radius 1 is 1.20 bits per heavy atom. The highest BCUT2D eigenvalue weighted by Crippen LogP contribution is 2.59. The van der Waals surface area contributed by atoms with E-state index in [2.05, 4.69) is 13.2 Å². The van der Waals surface area contributed by atoms with E-state index in [-0.39, 0.29) is 36.8 Å². The van der Waals surface area contributed by atoms with Gasteiger partial charge in [-0.15, -0.1) is 13.2 Å². The van der Waals surface area contributed by atoms with E-state index in [0.29, 0.717) is 43.8 Å². The summed E-state index contributed by atoms with van der Waals surface area (Å²) >= 11 is 0. The number of carbonyl (C=O) groups is 3. The molecule has 7 atom stereocenters. The molecule has 9 heteroatoms. The van der Waals surface area contributed by atoms with Crippen molar-refractivity contribution in [2.24, 2.45) is 17.8 Å². The first-order valence-corrected chi connectivity index (χ1v) is 14.8. The lowest BCUT2D eigenvalue weighted by atomic mass is 9.70. The quantitative estimate of drug-likeness (QED) is 0.346. The highest BCUT2D eigenvalue weighted by Gasteiger charge is 2.75.